The second-order valence-electron chi connectivity index (χ2n) is 5.54. The summed E-state index contributed by atoms with van der Waals surface area (Å²) < 4.78 is 11.2. The minimum absolute atomic E-state index is 0.0261. The Balaban J connectivity index is 2.90. The standard InChI is InChI=1S/C17H30N2O3/c1-5-9-19-14-10-12(17(20)21-8-4)11-15(16(14)18)22-13(6-2)7-3/h5,11,13-16,19H,1,6-10,18H2,2-4H3. The normalized spacial score (nSPS) is 25.0. The van der Waals surface area contributed by atoms with E-state index < -0.39 is 0 Å². The summed E-state index contributed by atoms with van der Waals surface area (Å²) >= 11 is 0. The highest BCUT2D eigenvalue weighted by atomic mass is 16.5. The Labute approximate surface area is 133 Å². The summed E-state index contributed by atoms with van der Waals surface area (Å²) in [6.07, 6.45) is 5.89. The Morgan fingerprint density at radius 3 is 2.73 bits per heavy atom. The van der Waals surface area contributed by atoms with Crippen LogP contribution in [0.5, 0.6) is 0 Å². The van der Waals surface area contributed by atoms with Crippen LogP contribution < -0.4 is 11.1 Å². The van der Waals surface area contributed by atoms with Crippen molar-refractivity contribution in [3.05, 3.63) is 24.3 Å². The minimum atomic E-state index is -0.280. The van der Waals surface area contributed by atoms with Crippen molar-refractivity contribution in [2.75, 3.05) is 13.2 Å². The van der Waals surface area contributed by atoms with Gasteiger partial charge in [-0.3, -0.25) is 0 Å². The average Bonchev–Trinajstić information content (AvgIpc) is 2.52. The van der Waals surface area contributed by atoms with Gasteiger partial charge < -0.3 is 20.5 Å². The Kier molecular flexibility index (Phi) is 8.38. The third-order valence-electron chi connectivity index (χ3n) is 3.97. The molecule has 22 heavy (non-hydrogen) atoms. The number of nitrogens with one attached hydrogen (secondary N) is 1. The second-order valence-corrected chi connectivity index (χ2v) is 5.54. The van der Waals surface area contributed by atoms with Gasteiger partial charge in [0.2, 0.25) is 0 Å². The first kappa shape index (κ1) is 18.9. The van der Waals surface area contributed by atoms with E-state index in [2.05, 4.69) is 25.7 Å². The number of carbonyl (C=O) groups is 1. The summed E-state index contributed by atoms with van der Waals surface area (Å²) in [5.41, 5.74) is 6.98. The molecule has 3 N–H and O–H groups in total. The molecule has 1 aliphatic carbocycles. The van der Waals surface area contributed by atoms with Crippen LogP contribution in [-0.4, -0.2) is 43.4 Å². The zero-order chi connectivity index (χ0) is 16.5. The van der Waals surface area contributed by atoms with Gasteiger partial charge in [-0.1, -0.05) is 19.9 Å². The fraction of sp³-hybridized carbons (Fsp3) is 0.706. The van der Waals surface area contributed by atoms with E-state index in [1.165, 1.54) is 0 Å². The number of hydrogen-bond donors (Lipinski definition) is 2. The lowest BCUT2D eigenvalue weighted by Gasteiger charge is -2.36. The maximum Gasteiger partial charge on any atom is 0.333 e. The lowest BCUT2D eigenvalue weighted by Crippen LogP contribution is -2.55. The zero-order valence-corrected chi connectivity index (χ0v) is 14.0. The van der Waals surface area contributed by atoms with Crippen LogP contribution in [0.2, 0.25) is 0 Å². The van der Waals surface area contributed by atoms with Crippen LogP contribution >= 0.6 is 0 Å². The Morgan fingerprint density at radius 2 is 2.18 bits per heavy atom. The smallest absolute Gasteiger partial charge is 0.333 e. The van der Waals surface area contributed by atoms with Crippen LogP contribution in [0.3, 0.4) is 0 Å². The molecule has 5 heteroatoms. The number of nitrogens with two attached hydrogens (primary N) is 1. The second kappa shape index (κ2) is 9.77. The molecule has 0 aliphatic heterocycles. The van der Waals surface area contributed by atoms with Crippen LogP contribution in [-0.2, 0) is 14.3 Å². The fourth-order valence-corrected chi connectivity index (χ4v) is 2.63. The molecule has 0 heterocycles. The van der Waals surface area contributed by atoms with Gasteiger partial charge in [-0.2, -0.15) is 0 Å². The number of ether oxygens (including phenoxy) is 2. The molecular weight excluding hydrogens is 280 g/mol. The van der Waals surface area contributed by atoms with Crippen molar-refractivity contribution in [3.63, 3.8) is 0 Å². The maximum atomic E-state index is 12.1. The van der Waals surface area contributed by atoms with Crippen LogP contribution in [0, 0.1) is 0 Å². The van der Waals surface area contributed by atoms with Gasteiger partial charge in [-0.15, -0.1) is 6.58 Å². The van der Waals surface area contributed by atoms with E-state index in [9.17, 15) is 4.79 Å². The third kappa shape index (κ3) is 5.23. The molecule has 0 saturated carbocycles. The molecule has 3 unspecified atom stereocenters. The maximum absolute atomic E-state index is 12.1. The molecule has 0 aromatic rings. The van der Waals surface area contributed by atoms with E-state index in [0.717, 1.165) is 12.8 Å². The quantitative estimate of drug-likeness (QED) is 0.503. The van der Waals surface area contributed by atoms with Crippen molar-refractivity contribution >= 4 is 5.97 Å². The van der Waals surface area contributed by atoms with Crippen LogP contribution in [0.4, 0.5) is 0 Å². The van der Waals surface area contributed by atoms with Crippen molar-refractivity contribution in [3.8, 4) is 0 Å². The fourth-order valence-electron chi connectivity index (χ4n) is 2.63. The van der Waals surface area contributed by atoms with Gasteiger partial charge in [0.1, 0.15) is 0 Å². The molecule has 0 radical (unpaired) electrons. The van der Waals surface area contributed by atoms with E-state index in [4.69, 9.17) is 15.2 Å². The molecule has 126 valence electrons. The molecule has 0 amide bonds. The predicted octanol–water partition coefficient (Wildman–Crippen LogP) is 1.92. The molecule has 0 bridgehead atoms. The van der Waals surface area contributed by atoms with Gasteiger partial charge in [0.05, 0.1) is 24.9 Å². The van der Waals surface area contributed by atoms with Gasteiger partial charge >= 0.3 is 5.97 Å². The molecule has 3 atom stereocenters. The highest BCUT2D eigenvalue weighted by Gasteiger charge is 2.34. The van der Waals surface area contributed by atoms with Crippen molar-refractivity contribution in [1.29, 1.82) is 0 Å². The monoisotopic (exact) mass is 310 g/mol. The van der Waals surface area contributed by atoms with Crippen LogP contribution in [0.25, 0.3) is 0 Å². The van der Waals surface area contributed by atoms with Crippen molar-refractivity contribution in [1.82, 2.24) is 5.32 Å². The number of rotatable bonds is 9. The van der Waals surface area contributed by atoms with E-state index >= 15 is 0 Å². The molecule has 1 aliphatic rings. The number of esters is 1. The average molecular weight is 310 g/mol. The van der Waals surface area contributed by atoms with E-state index in [1.54, 1.807) is 13.0 Å². The number of hydrogen-bond acceptors (Lipinski definition) is 5. The first-order valence-electron chi connectivity index (χ1n) is 8.20. The minimum Gasteiger partial charge on any atom is -0.463 e. The van der Waals surface area contributed by atoms with Gasteiger partial charge in [0, 0.05) is 18.2 Å². The highest BCUT2D eigenvalue weighted by Crippen LogP contribution is 2.23. The largest absolute Gasteiger partial charge is 0.463 e. The summed E-state index contributed by atoms with van der Waals surface area (Å²) in [7, 11) is 0. The molecule has 0 saturated heterocycles. The molecule has 5 nitrogen and oxygen atoms in total. The summed E-state index contributed by atoms with van der Waals surface area (Å²) in [6, 6.07) is -0.222. The van der Waals surface area contributed by atoms with Gasteiger partial charge in [-0.25, -0.2) is 4.79 Å². The Morgan fingerprint density at radius 1 is 1.50 bits per heavy atom. The summed E-state index contributed by atoms with van der Waals surface area (Å²) in [5.74, 6) is -0.280. The van der Waals surface area contributed by atoms with Crippen molar-refractivity contribution in [2.24, 2.45) is 5.73 Å². The van der Waals surface area contributed by atoms with Gasteiger partial charge in [0.15, 0.2) is 0 Å². The van der Waals surface area contributed by atoms with Crippen LogP contribution in [0.1, 0.15) is 40.0 Å². The van der Waals surface area contributed by atoms with Gasteiger partial charge in [0.25, 0.3) is 0 Å². The summed E-state index contributed by atoms with van der Waals surface area (Å²) in [4.78, 5) is 12.1. The molecule has 0 aromatic carbocycles. The van der Waals surface area contributed by atoms with E-state index in [1.807, 2.05) is 6.08 Å². The van der Waals surface area contributed by atoms with Crippen molar-refractivity contribution in [2.45, 2.75) is 64.3 Å². The van der Waals surface area contributed by atoms with Crippen LogP contribution in [0.15, 0.2) is 24.3 Å². The highest BCUT2D eigenvalue weighted by molar-refractivity contribution is 5.89. The third-order valence-corrected chi connectivity index (χ3v) is 3.97. The SMILES string of the molecule is C=CCNC1CC(C(=O)OCC)=CC(OC(CC)CC)C1N. The molecule has 0 aromatic heterocycles. The molecular formula is C17H30N2O3. The summed E-state index contributed by atoms with van der Waals surface area (Å²) in [6.45, 7) is 10.7. The van der Waals surface area contributed by atoms with E-state index in [-0.39, 0.29) is 30.3 Å². The number of carbonyl (C=O) groups excluding carboxylic acids is 1. The summed E-state index contributed by atoms with van der Waals surface area (Å²) in [5, 5.41) is 3.32. The molecule has 0 spiro atoms. The Hall–Kier alpha value is -1.17. The van der Waals surface area contributed by atoms with Crippen molar-refractivity contribution < 1.29 is 14.3 Å². The Bertz CT molecular complexity index is 391. The van der Waals surface area contributed by atoms with E-state index in [0.29, 0.717) is 25.1 Å². The first-order valence-corrected chi connectivity index (χ1v) is 8.20. The zero-order valence-electron chi connectivity index (χ0n) is 14.0. The topological polar surface area (TPSA) is 73.6 Å². The predicted molar refractivity (Wildman–Crippen MR) is 88.5 cm³/mol. The first-order chi connectivity index (χ1) is 10.6. The lowest BCUT2D eigenvalue weighted by molar-refractivity contribution is -0.139. The van der Waals surface area contributed by atoms with Gasteiger partial charge in [-0.05, 0) is 32.3 Å². The molecule has 0 fully saturated rings. The lowest BCUT2D eigenvalue weighted by atomic mass is 9.88. The molecule has 1 rings (SSSR count).